The van der Waals surface area contributed by atoms with E-state index in [2.05, 4.69) is 47.1 Å². The van der Waals surface area contributed by atoms with Crippen LogP contribution in [0.1, 0.15) is 6.92 Å². The lowest BCUT2D eigenvalue weighted by atomic mass is 10.1. The first-order chi connectivity index (χ1) is 7.40. The second-order valence-electron chi connectivity index (χ2n) is 3.60. The third-order valence-corrected chi connectivity index (χ3v) is 2.77. The Morgan fingerprint density at radius 1 is 1.33 bits per heavy atom. The minimum atomic E-state index is 0.941. The summed E-state index contributed by atoms with van der Waals surface area (Å²) in [6.45, 7) is 3.07. The number of anilines is 1. The second kappa shape index (κ2) is 3.09. The van der Waals surface area contributed by atoms with Crippen LogP contribution in [0, 0.1) is 6.07 Å². The van der Waals surface area contributed by atoms with Crippen LogP contribution in [0.2, 0.25) is 0 Å². The van der Waals surface area contributed by atoms with E-state index in [9.17, 15) is 0 Å². The molecule has 0 saturated carbocycles. The minimum Gasteiger partial charge on any atom is -0.332 e. The van der Waals surface area contributed by atoms with Crippen molar-refractivity contribution in [3.63, 3.8) is 0 Å². The van der Waals surface area contributed by atoms with Gasteiger partial charge in [0.25, 0.3) is 0 Å². The average molecular weight is 195 g/mol. The fourth-order valence-electron chi connectivity index (χ4n) is 2.02. The highest BCUT2D eigenvalue weighted by atomic mass is 15.2. The Bertz CT molecular complexity index is 538. The predicted octanol–water partition coefficient (Wildman–Crippen LogP) is 3.14. The first kappa shape index (κ1) is 8.48. The molecule has 0 aliphatic carbocycles. The van der Waals surface area contributed by atoms with E-state index in [4.69, 9.17) is 0 Å². The van der Waals surface area contributed by atoms with Crippen molar-refractivity contribution in [2.75, 3.05) is 11.4 Å². The molecule has 0 N–H and O–H groups in total. The van der Waals surface area contributed by atoms with E-state index < -0.39 is 0 Å². The Morgan fingerprint density at radius 3 is 3.13 bits per heavy atom. The maximum Gasteiger partial charge on any atom is 0.0957 e. The monoisotopic (exact) mass is 195 g/mol. The third-order valence-electron chi connectivity index (χ3n) is 2.77. The second-order valence-corrected chi connectivity index (χ2v) is 3.60. The summed E-state index contributed by atoms with van der Waals surface area (Å²) in [7, 11) is 0. The van der Waals surface area contributed by atoms with Crippen molar-refractivity contribution >= 4 is 28.5 Å². The van der Waals surface area contributed by atoms with Crippen molar-refractivity contribution in [3.8, 4) is 0 Å². The summed E-state index contributed by atoms with van der Waals surface area (Å²) in [6.07, 6.45) is 1.88. The van der Waals surface area contributed by atoms with E-state index in [1.165, 1.54) is 16.5 Å². The van der Waals surface area contributed by atoms with E-state index >= 15 is 0 Å². The molecule has 2 aromatic carbocycles. The molecule has 73 valence electrons. The first-order valence-electron chi connectivity index (χ1n) is 5.14. The van der Waals surface area contributed by atoms with E-state index in [1.807, 2.05) is 12.4 Å². The van der Waals surface area contributed by atoms with Gasteiger partial charge in [-0.1, -0.05) is 24.3 Å². The maximum atomic E-state index is 4.41. The minimum absolute atomic E-state index is 0.941. The molecule has 0 bridgehead atoms. The van der Waals surface area contributed by atoms with Gasteiger partial charge in [0.15, 0.2) is 0 Å². The quantitative estimate of drug-likeness (QED) is 0.682. The molecule has 2 nitrogen and oxygen atoms in total. The van der Waals surface area contributed by atoms with Crippen LogP contribution in [0.5, 0.6) is 0 Å². The molecular formula is C13H11N2. The highest BCUT2D eigenvalue weighted by Crippen LogP contribution is 2.36. The van der Waals surface area contributed by atoms with E-state index in [0.29, 0.717) is 0 Å². The van der Waals surface area contributed by atoms with Crippen molar-refractivity contribution in [3.05, 3.63) is 36.4 Å². The molecule has 2 heteroatoms. The number of benzene rings is 2. The van der Waals surface area contributed by atoms with Gasteiger partial charge in [-0.15, -0.1) is 0 Å². The molecule has 3 rings (SSSR count). The van der Waals surface area contributed by atoms with Crippen LogP contribution in [-0.2, 0) is 0 Å². The van der Waals surface area contributed by atoms with E-state index in [1.54, 1.807) is 0 Å². The summed E-state index contributed by atoms with van der Waals surface area (Å²) in [5, 5.41) is 2.45. The molecule has 0 unspecified atom stereocenters. The molecule has 0 spiro atoms. The molecule has 1 radical (unpaired) electrons. The smallest absolute Gasteiger partial charge is 0.0957 e. The number of hydrogen-bond acceptors (Lipinski definition) is 2. The Hall–Kier alpha value is -1.83. The summed E-state index contributed by atoms with van der Waals surface area (Å²) >= 11 is 0. The van der Waals surface area contributed by atoms with Crippen LogP contribution in [-0.4, -0.2) is 12.9 Å². The number of hydrogen-bond donors (Lipinski definition) is 0. The average Bonchev–Trinajstić information content (AvgIpc) is 2.30. The van der Waals surface area contributed by atoms with Crippen LogP contribution in [0.25, 0.3) is 10.8 Å². The predicted molar refractivity (Wildman–Crippen MR) is 64.0 cm³/mol. The Morgan fingerprint density at radius 2 is 2.27 bits per heavy atom. The topological polar surface area (TPSA) is 15.6 Å². The highest BCUT2D eigenvalue weighted by Gasteiger charge is 2.13. The highest BCUT2D eigenvalue weighted by molar-refractivity contribution is 6.09. The number of rotatable bonds is 1. The van der Waals surface area contributed by atoms with Gasteiger partial charge in [-0.3, -0.25) is 0 Å². The van der Waals surface area contributed by atoms with Gasteiger partial charge < -0.3 is 4.90 Å². The largest absolute Gasteiger partial charge is 0.332 e. The normalized spacial score (nSPS) is 13.5. The molecular weight excluding hydrogens is 184 g/mol. The maximum absolute atomic E-state index is 4.41. The fourth-order valence-corrected chi connectivity index (χ4v) is 2.02. The van der Waals surface area contributed by atoms with Crippen molar-refractivity contribution in [2.24, 2.45) is 4.99 Å². The zero-order chi connectivity index (χ0) is 10.3. The van der Waals surface area contributed by atoms with Gasteiger partial charge in [-0.2, -0.15) is 0 Å². The Balaban J connectivity index is 2.41. The van der Waals surface area contributed by atoms with Crippen LogP contribution in [0.15, 0.2) is 35.3 Å². The zero-order valence-corrected chi connectivity index (χ0v) is 8.57. The van der Waals surface area contributed by atoms with Crippen LogP contribution in [0.3, 0.4) is 0 Å². The van der Waals surface area contributed by atoms with Crippen LogP contribution < -0.4 is 4.90 Å². The molecule has 1 heterocycles. The molecule has 1 aliphatic rings. The lowest BCUT2D eigenvalue weighted by Gasteiger charge is -2.23. The lowest BCUT2D eigenvalue weighted by Crippen LogP contribution is -2.22. The van der Waals surface area contributed by atoms with E-state index in [0.717, 1.165) is 12.2 Å². The summed E-state index contributed by atoms with van der Waals surface area (Å²) in [5.41, 5.74) is 2.18. The Kier molecular flexibility index (Phi) is 1.75. The fraction of sp³-hybridized carbons (Fsp3) is 0.154. The lowest BCUT2D eigenvalue weighted by molar-refractivity contribution is 1.07. The molecule has 2 aromatic rings. The van der Waals surface area contributed by atoms with Gasteiger partial charge >= 0.3 is 0 Å². The van der Waals surface area contributed by atoms with Crippen molar-refractivity contribution < 1.29 is 0 Å². The number of nitrogens with zero attached hydrogens (tertiary/aromatic N) is 2. The molecule has 15 heavy (non-hydrogen) atoms. The van der Waals surface area contributed by atoms with Gasteiger partial charge in [-0.25, -0.2) is 4.99 Å². The molecule has 0 fully saturated rings. The van der Waals surface area contributed by atoms with Crippen LogP contribution >= 0.6 is 0 Å². The summed E-state index contributed by atoms with van der Waals surface area (Å²) in [4.78, 5) is 6.56. The third kappa shape index (κ3) is 1.14. The van der Waals surface area contributed by atoms with Crippen LogP contribution in [0.4, 0.5) is 11.4 Å². The zero-order valence-electron chi connectivity index (χ0n) is 8.57. The molecule has 0 saturated heterocycles. The van der Waals surface area contributed by atoms with Gasteiger partial charge in [0.2, 0.25) is 0 Å². The van der Waals surface area contributed by atoms with Gasteiger partial charge in [0, 0.05) is 18.0 Å². The number of aliphatic imine (C=N–C) groups is 1. The van der Waals surface area contributed by atoms with Crippen molar-refractivity contribution in [1.82, 2.24) is 0 Å². The standard InChI is InChI=1S/C13H11N2/c1-2-15-9-14-11-7-3-5-10-6-4-8-12(15)13(10)11/h3-6,8-9H,2H2,1H3. The molecule has 0 atom stereocenters. The van der Waals surface area contributed by atoms with Gasteiger partial charge in [0.05, 0.1) is 17.7 Å². The van der Waals surface area contributed by atoms with Gasteiger partial charge in [-0.05, 0) is 18.4 Å². The van der Waals surface area contributed by atoms with Crippen molar-refractivity contribution in [1.29, 1.82) is 0 Å². The van der Waals surface area contributed by atoms with Gasteiger partial charge in [0.1, 0.15) is 0 Å². The molecule has 0 amide bonds. The Labute approximate surface area is 88.9 Å². The summed E-state index contributed by atoms with van der Waals surface area (Å²) < 4.78 is 0. The van der Waals surface area contributed by atoms with E-state index in [-0.39, 0.29) is 0 Å². The molecule has 0 aromatic heterocycles. The summed E-state index contributed by atoms with van der Waals surface area (Å²) in [6, 6.07) is 13.5. The first-order valence-corrected chi connectivity index (χ1v) is 5.14. The van der Waals surface area contributed by atoms with Crippen molar-refractivity contribution in [2.45, 2.75) is 6.92 Å². The summed E-state index contributed by atoms with van der Waals surface area (Å²) in [5.74, 6) is 0. The molecule has 1 aliphatic heterocycles. The SMILES string of the molecule is CCN1C=Nc2[c]ccc3cccc1c23.